The van der Waals surface area contributed by atoms with Crippen LogP contribution in [-0.4, -0.2) is 69.9 Å². The Morgan fingerprint density at radius 3 is 2.70 bits per heavy atom. The molecule has 1 saturated carbocycles. The number of morpholine rings is 1. The minimum Gasteiger partial charge on any atom is -0.496 e. The fourth-order valence-corrected chi connectivity index (χ4v) is 7.43. The lowest BCUT2D eigenvalue weighted by Gasteiger charge is -2.26. The Labute approximate surface area is 197 Å². The van der Waals surface area contributed by atoms with Crippen LogP contribution < -0.4 is 10.1 Å². The van der Waals surface area contributed by atoms with Gasteiger partial charge in [0.1, 0.15) is 5.75 Å². The van der Waals surface area contributed by atoms with E-state index in [1.807, 2.05) is 0 Å². The molecule has 11 heteroatoms. The summed E-state index contributed by atoms with van der Waals surface area (Å²) in [5, 5.41) is 3.55. The molecule has 2 aliphatic heterocycles. The molecule has 1 aliphatic carbocycles. The predicted molar refractivity (Wildman–Crippen MR) is 122 cm³/mol. The molecule has 180 valence electrons. The Morgan fingerprint density at radius 2 is 2.00 bits per heavy atom. The molecular weight excluding hydrogens is 468 g/mol. The number of esters is 1. The maximum absolute atomic E-state index is 13.3. The number of rotatable bonds is 7. The van der Waals surface area contributed by atoms with Crippen molar-refractivity contribution < 1.29 is 32.2 Å². The topological polar surface area (TPSA) is 111 Å². The van der Waals surface area contributed by atoms with Gasteiger partial charge in [-0.2, -0.15) is 4.31 Å². The number of hydrogen-bond acceptors (Lipinski definition) is 8. The summed E-state index contributed by atoms with van der Waals surface area (Å²) in [5.41, 5.74) is 0.592. The minimum atomic E-state index is -3.79. The second-order valence-electron chi connectivity index (χ2n) is 7.99. The van der Waals surface area contributed by atoms with E-state index in [9.17, 15) is 18.0 Å². The van der Waals surface area contributed by atoms with Gasteiger partial charge in [-0.25, -0.2) is 13.2 Å². The Morgan fingerprint density at radius 1 is 1.24 bits per heavy atom. The zero-order valence-electron chi connectivity index (χ0n) is 18.7. The van der Waals surface area contributed by atoms with Gasteiger partial charge < -0.3 is 19.5 Å². The SMILES string of the molecule is CCOC(=O)C1=C(NC(=O)c2cc(S(=O)(=O)N3CCOCC3)ccc2OC)S[C@@H]2CCC[C@@H]12. The van der Waals surface area contributed by atoms with Gasteiger partial charge in [0, 0.05) is 24.3 Å². The van der Waals surface area contributed by atoms with E-state index in [4.69, 9.17) is 14.2 Å². The summed E-state index contributed by atoms with van der Waals surface area (Å²) in [6, 6.07) is 4.22. The smallest absolute Gasteiger partial charge is 0.336 e. The normalized spacial score (nSPS) is 23.3. The Balaban J connectivity index is 1.64. The first kappa shape index (κ1) is 24.1. The number of hydrogen-bond donors (Lipinski definition) is 1. The van der Waals surface area contributed by atoms with Crippen molar-refractivity contribution in [2.75, 3.05) is 40.0 Å². The van der Waals surface area contributed by atoms with Crippen LogP contribution in [0.5, 0.6) is 5.75 Å². The molecule has 3 aliphatic rings. The molecule has 0 aromatic heterocycles. The van der Waals surface area contributed by atoms with E-state index in [1.54, 1.807) is 6.92 Å². The van der Waals surface area contributed by atoms with Crippen LogP contribution in [0.3, 0.4) is 0 Å². The third kappa shape index (κ3) is 4.77. The third-order valence-corrected chi connectivity index (χ3v) is 9.40. The quantitative estimate of drug-likeness (QED) is 0.572. The van der Waals surface area contributed by atoms with Crippen molar-refractivity contribution in [1.29, 1.82) is 0 Å². The summed E-state index contributed by atoms with van der Waals surface area (Å²) in [5.74, 6) is -0.644. The molecule has 9 nitrogen and oxygen atoms in total. The van der Waals surface area contributed by atoms with Crippen LogP contribution in [0.1, 0.15) is 36.5 Å². The van der Waals surface area contributed by atoms with Crippen LogP contribution in [0.2, 0.25) is 0 Å². The fourth-order valence-electron chi connectivity index (χ4n) is 4.46. The highest BCUT2D eigenvalue weighted by Crippen LogP contribution is 2.50. The number of nitrogens with zero attached hydrogens (tertiary/aromatic N) is 1. The molecule has 1 N–H and O–H groups in total. The lowest BCUT2D eigenvalue weighted by Crippen LogP contribution is -2.40. The number of thioether (sulfide) groups is 1. The first-order valence-corrected chi connectivity index (χ1v) is 13.3. The zero-order valence-corrected chi connectivity index (χ0v) is 20.3. The summed E-state index contributed by atoms with van der Waals surface area (Å²) in [4.78, 5) is 25.9. The average molecular weight is 497 g/mol. The number of benzene rings is 1. The van der Waals surface area contributed by atoms with Crippen molar-refractivity contribution in [3.63, 3.8) is 0 Å². The van der Waals surface area contributed by atoms with E-state index in [0.29, 0.717) is 23.8 Å². The number of fused-ring (bicyclic) bond motifs is 1. The van der Waals surface area contributed by atoms with Gasteiger partial charge in [-0.05, 0) is 38.0 Å². The van der Waals surface area contributed by atoms with Crippen molar-refractivity contribution in [2.24, 2.45) is 5.92 Å². The molecule has 2 atom stereocenters. The zero-order chi connectivity index (χ0) is 23.6. The Kier molecular flexibility index (Phi) is 7.32. The minimum absolute atomic E-state index is 0.00545. The highest BCUT2D eigenvalue weighted by Gasteiger charge is 2.43. The van der Waals surface area contributed by atoms with Crippen molar-refractivity contribution in [1.82, 2.24) is 9.62 Å². The molecule has 2 heterocycles. The predicted octanol–water partition coefficient (Wildman–Crippen LogP) is 2.14. The largest absolute Gasteiger partial charge is 0.496 e. The maximum atomic E-state index is 13.3. The van der Waals surface area contributed by atoms with Gasteiger partial charge in [-0.3, -0.25) is 4.79 Å². The molecule has 2 fully saturated rings. The third-order valence-electron chi connectivity index (χ3n) is 6.08. The van der Waals surface area contributed by atoms with Crippen LogP contribution >= 0.6 is 11.8 Å². The molecule has 1 saturated heterocycles. The van der Waals surface area contributed by atoms with E-state index in [1.165, 1.54) is 41.4 Å². The highest BCUT2D eigenvalue weighted by atomic mass is 32.2. The van der Waals surface area contributed by atoms with Gasteiger partial charge in [0.2, 0.25) is 10.0 Å². The van der Waals surface area contributed by atoms with Crippen molar-refractivity contribution >= 4 is 33.7 Å². The first-order valence-electron chi connectivity index (χ1n) is 11.0. The van der Waals surface area contributed by atoms with E-state index in [-0.39, 0.29) is 47.1 Å². The number of sulfonamides is 1. The summed E-state index contributed by atoms with van der Waals surface area (Å²) < 4.78 is 43.3. The summed E-state index contributed by atoms with van der Waals surface area (Å²) in [6.45, 7) is 3.16. The van der Waals surface area contributed by atoms with Gasteiger partial charge >= 0.3 is 5.97 Å². The van der Waals surface area contributed by atoms with Crippen LogP contribution in [0, 0.1) is 5.92 Å². The Hall–Kier alpha value is -2.08. The van der Waals surface area contributed by atoms with Gasteiger partial charge in [0.15, 0.2) is 0 Å². The molecular formula is C22H28N2O7S2. The Bertz CT molecular complexity index is 1060. The van der Waals surface area contributed by atoms with E-state index in [0.717, 1.165) is 19.3 Å². The maximum Gasteiger partial charge on any atom is 0.336 e. The van der Waals surface area contributed by atoms with Gasteiger partial charge in [0.25, 0.3) is 5.91 Å². The molecule has 0 spiro atoms. The van der Waals surface area contributed by atoms with Crippen LogP contribution in [0.15, 0.2) is 33.7 Å². The molecule has 0 radical (unpaired) electrons. The van der Waals surface area contributed by atoms with Crippen molar-refractivity contribution in [2.45, 2.75) is 36.3 Å². The number of amides is 1. The van der Waals surface area contributed by atoms with Gasteiger partial charge in [-0.1, -0.05) is 6.42 Å². The average Bonchev–Trinajstić information content (AvgIpc) is 3.40. The fraction of sp³-hybridized carbons (Fsp3) is 0.545. The monoisotopic (exact) mass is 496 g/mol. The van der Waals surface area contributed by atoms with Gasteiger partial charge in [-0.15, -0.1) is 11.8 Å². The molecule has 1 aromatic carbocycles. The number of nitrogens with one attached hydrogen (secondary N) is 1. The summed E-state index contributed by atoms with van der Waals surface area (Å²) in [7, 11) is -2.37. The second-order valence-corrected chi connectivity index (χ2v) is 11.2. The first-order chi connectivity index (χ1) is 15.9. The van der Waals surface area contributed by atoms with Crippen molar-refractivity contribution in [3.05, 3.63) is 34.4 Å². The van der Waals surface area contributed by atoms with Crippen molar-refractivity contribution in [3.8, 4) is 5.75 Å². The second kappa shape index (κ2) is 10.0. The summed E-state index contributed by atoms with van der Waals surface area (Å²) in [6.07, 6.45) is 2.87. The molecule has 0 bridgehead atoms. The highest BCUT2D eigenvalue weighted by molar-refractivity contribution is 8.04. The lowest BCUT2D eigenvalue weighted by atomic mass is 9.98. The number of methoxy groups -OCH3 is 1. The molecule has 0 unspecified atom stereocenters. The lowest BCUT2D eigenvalue weighted by molar-refractivity contribution is -0.139. The molecule has 4 rings (SSSR count). The number of ether oxygens (including phenoxy) is 3. The molecule has 1 amide bonds. The molecule has 1 aromatic rings. The van der Waals surface area contributed by atoms with E-state index in [2.05, 4.69) is 5.32 Å². The van der Waals surface area contributed by atoms with Crippen LogP contribution in [0.4, 0.5) is 0 Å². The van der Waals surface area contributed by atoms with Crippen LogP contribution in [0.25, 0.3) is 0 Å². The summed E-state index contributed by atoms with van der Waals surface area (Å²) >= 11 is 1.48. The van der Waals surface area contributed by atoms with E-state index < -0.39 is 21.9 Å². The number of carbonyl (C=O) groups is 2. The standard InChI is InChI=1S/C22H28N2O7S2/c1-3-31-22(26)19-15-5-4-6-18(15)32-21(19)23-20(25)16-13-14(7-8-17(16)29-2)33(27,28)24-9-11-30-12-10-24/h7-8,13,15,18H,3-6,9-12H2,1-2H3,(H,23,25)/t15-,18-/m1/s1. The van der Waals surface area contributed by atoms with Crippen LogP contribution in [-0.2, 0) is 24.3 Å². The number of carbonyl (C=O) groups excluding carboxylic acids is 2. The molecule has 33 heavy (non-hydrogen) atoms. The van der Waals surface area contributed by atoms with Gasteiger partial charge in [0.05, 0.1) is 48.0 Å². The van der Waals surface area contributed by atoms with E-state index >= 15 is 0 Å².